The number of hydrogen-bond acceptors (Lipinski definition) is 5. The minimum Gasteiger partial charge on any atom is -0.508 e. The van der Waals surface area contributed by atoms with E-state index in [4.69, 9.17) is 9.90 Å². The average Bonchev–Trinajstić information content (AvgIpc) is 3.06. The molecular formula is C19H25N3O3. The Morgan fingerprint density at radius 1 is 1.20 bits per heavy atom. The van der Waals surface area contributed by atoms with Crippen molar-refractivity contribution in [3.05, 3.63) is 47.7 Å². The molecule has 2 heterocycles. The molecule has 0 aliphatic carbocycles. The quantitative estimate of drug-likeness (QED) is 0.830. The summed E-state index contributed by atoms with van der Waals surface area (Å²) in [6.45, 7) is 6.08. The van der Waals surface area contributed by atoms with Gasteiger partial charge in [0.25, 0.3) is 6.47 Å². The van der Waals surface area contributed by atoms with E-state index in [1.54, 1.807) is 12.1 Å². The van der Waals surface area contributed by atoms with Crippen molar-refractivity contribution >= 4 is 12.3 Å². The van der Waals surface area contributed by atoms with Gasteiger partial charge in [-0.3, -0.25) is 4.79 Å². The Labute approximate surface area is 148 Å². The molecule has 2 aromatic rings. The van der Waals surface area contributed by atoms with Crippen molar-refractivity contribution in [2.24, 2.45) is 5.92 Å². The molecule has 6 nitrogen and oxygen atoms in total. The predicted molar refractivity (Wildman–Crippen MR) is 96.9 cm³/mol. The Hall–Kier alpha value is -2.63. The number of anilines is 1. The summed E-state index contributed by atoms with van der Waals surface area (Å²) in [6, 6.07) is 11.7. The van der Waals surface area contributed by atoms with Gasteiger partial charge >= 0.3 is 0 Å². The number of hydrogen-bond donors (Lipinski definition) is 2. The highest BCUT2D eigenvalue weighted by atomic mass is 16.3. The topological polar surface area (TPSA) is 86.5 Å². The second kappa shape index (κ2) is 9.01. The van der Waals surface area contributed by atoms with Gasteiger partial charge in [-0.1, -0.05) is 26.0 Å². The molecule has 1 unspecified atom stereocenters. The fourth-order valence-electron chi connectivity index (χ4n) is 2.98. The van der Waals surface area contributed by atoms with E-state index in [1.807, 2.05) is 12.1 Å². The van der Waals surface area contributed by atoms with Crippen molar-refractivity contribution in [2.45, 2.75) is 32.6 Å². The Morgan fingerprint density at radius 3 is 2.44 bits per heavy atom. The number of aromatic hydroxyl groups is 1. The van der Waals surface area contributed by atoms with Crippen LogP contribution in [-0.2, 0) is 11.2 Å². The van der Waals surface area contributed by atoms with Gasteiger partial charge in [0.2, 0.25) is 0 Å². The number of benzene rings is 1. The monoisotopic (exact) mass is 343 g/mol. The predicted octanol–water partition coefficient (Wildman–Crippen LogP) is 3.08. The lowest BCUT2D eigenvalue weighted by Crippen LogP contribution is -2.21. The van der Waals surface area contributed by atoms with Crippen LogP contribution in [0.4, 0.5) is 5.82 Å². The number of phenolic OH excluding ortho intramolecular Hbond substituents is 1. The van der Waals surface area contributed by atoms with Crippen LogP contribution in [0.15, 0.2) is 36.4 Å². The van der Waals surface area contributed by atoms with E-state index < -0.39 is 0 Å². The van der Waals surface area contributed by atoms with Crippen LogP contribution < -0.4 is 4.90 Å². The van der Waals surface area contributed by atoms with Crippen molar-refractivity contribution in [1.29, 1.82) is 0 Å². The van der Waals surface area contributed by atoms with Crippen LogP contribution in [0.1, 0.15) is 37.4 Å². The average molecular weight is 343 g/mol. The van der Waals surface area contributed by atoms with Gasteiger partial charge in [0.15, 0.2) is 5.82 Å². The van der Waals surface area contributed by atoms with Gasteiger partial charge in [0.05, 0.1) is 5.69 Å². The molecule has 25 heavy (non-hydrogen) atoms. The molecule has 1 aliphatic heterocycles. The molecule has 0 saturated carbocycles. The molecule has 1 atom stereocenters. The molecule has 1 saturated heterocycles. The maximum absolute atomic E-state index is 9.35. The zero-order valence-corrected chi connectivity index (χ0v) is 14.7. The first kappa shape index (κ1) is 18.7. The lowest BCUT2D eigenvalue weighted by molar-refractivity contribution is -0.122. The van der Waals surface area contributed by atoms with E-state index >= 15 is 0 Å². The second-order valence-electron chi connectivity index (χ2n) is 6.55. The van der Waals surface area contributed by atoms with Gasteiger partial charge in [0, 0.05) is 13.1 Å². The lowest BCUT2D eigenvalue weighted by atomic mass is 9.99. The maximum Gasteiger partial charge on any atom is 0.290 e. The first-order valence-corrected chi connectivity index (χ1v) is 8.47. The second-order valence-corrected chi connectivity index (χ2v) is 6.55. The number of phenols is 1. The van der Waals surface area contributed by atoms with Crippen LogP contribution in [-0.4, -0.2) is 40.0 Å². The Morgan fingerprint density at radius 2 is 1.88 bits per heavy atom. The van der Waals surface area contributed by atoms with Crippen molar-refractivity contribution in [1.82, 2.24) is 10.2 Å². The SMILES string of the molecule is CC(C)c1ccc(N2CCC(Cc3ccc(O)cc3)C2)nn1.O=CO. The molecule has 0 bridgehead atoms. The first-order valence-electron chi connectivity index (χ1n) is 8.47. The van der Waals surface area contributed by atoms with Crippen LogP contribution in [0, 0.1) is 5.92 Å². The normalized spacial score (nSPS) is 16.4. The number of aromatic nitrogens is 2. The molecule has 3 rings (SSSR count). The summed E-state index contributed by atoms with van der Waals surface area (Å²) >= 11 is 0. The standard InChI is InChI=1S/C18H23N3O.CH2O2/c1-13(2)17-7-8-18(20-19-17)21-10-9-15(12-21)11-14-3-5-16(22)6-4-14;2-1-3/h3-8,13,15,22H,9-12H2,1-2H3;1H,(H,2,3). The Balaban J connectivity index is 0.000000701. The van der Waals surface area contributed by atoms with E-state index in [1.165, 1.54) is 12.0 Å². The van der Waals surface area contributed by atoms with Gasteiger partial charge in [0.1, 0.15) is 5.75 Å². The van der Waals surface area contributed by atoms with Gasteiger partial charge in [-0.2, -0.15) is 5.10 Å². The highest BCUT2D eigenvalue weighted by Crippen LogP contribution is 2.25. The summed E-state index contributed by atoms with van der Waals surface area (Å²) in [4.78, 5) is 10.7. The molecule has 0 spiro atoms. The third-order valence-electron chi connectivity index (χ3n) is 4.33. The minimum absolute atomic E-state index is 0.250. The van der Waals surface area contributed by atoms with E-state index in [-0.39, 0.29) is 6.47 Å². The number of carbonyl (C=O) groups is 1. The zero-order chi connectivity index (χ0) is 18.2. The smallest absolute Gasteiger partial charge is 0.290 e. The third-order valence-corrected chi connectivity index (χ3v) is 4.33. The molecule has 6 heteroatoms. The van der Waals surface area contributed by atoms with Gasteiger partial charge in [-0.05, 0) is 54.5 Å². The minimum atomic E-state index is -0.250. The van der Waals surface area contributed by atoms with E-state index in [9.17, 15) is 5.11 Å². The Kier molecular flexibility index (Phi) is 6.74. The van der Waals surface area contributed by atoms with E-state index in [0.717, 1.165) is 31.0 Å². The van der Waals surface area contributed by atoms with E-state index in [0.29, 0.717) is 17.6 Å². The molecule has 1 aliphatic rings. The summed E-state index contributed by atoms with van der Waals surface area (Å²) in [6.07, 6.45) is 2.22. The first-order chi connectivity index (χ1) is 12.0. The van der Waals surface area contributed by atoms with E-state index in [2.05, 4.69) is 41.1 Å². The van der Waals surface area contributed by atoms with Crippen LogP contribution in [0.5, 0.6) is 5.75 Å². The summed E-state index contributed by atoms with van der Waals surface area (Å²) in [5, 5.41) is 24.9. The number of nitrogens with zero attached hydrogens (tertiary/aromatic N) is 3. The summed E-state index contributed by atoms with van der Waals surface area (Å²) in [5.41, 5.74) is 2.33. The lowest BCUT2D eigenvalue weighted by Gasteiger charge is -2.17. The third kappa shape index (κ3) is 5.45. The molecule has 134 valence electrons. The van der Waals surface area contributed by atoms with Crippen LogP contribution in [0.2, 0.25) is 0 Å². The molecular weight excluding hydrogens is 318 g/mol. The fourth-order valence-corrected chi connectivity index (χ4v) is 2.98. The van der Waals surface area contributed by atoms with Crippen molar-refractivity contribution in [2.75, 3.05) is 18.0 Å². The van der Waals surface area contributed by atoms with Crippen molar-refractivity contribution in [3.63, 3.8) is 0 Å². The zero-order valence-electron chi connectivity index (χ0n) is 14.7. The molecule has 1 aromatic carbocycles. The highest BCUT2D eigenvalue weighted by molar-refractivity contribution is 5.39. The summed E-state index contributed by atoms with van der Waals surface area (Å²) < 4.78 is 0. The highest BCUT2D eigenvalue weighted by Gasteiger charge is 2.24. The largest absolute Gasteiger partial charge is 0.508 e. The summed E-state index contributed by atoms with van der Waals surface area (Å²) in [5.74, 6) is 2.37. The van der Waals surface area contributed by atoms with Crippen LogP contribution >= 0.6 is 0 Å². The fraction of sp³-hybridized carbons (Fsp3) is 0.421. The Bertz CT molecular complexity index is 657. The summed E-state index contributed by atoms with van der Waals surface area (Å²) in [7, 11) is 0. The van der Waals surface area contributed by atoms with Gasteiger partial charge in [-0.25, -0.2) is 0 Å². The van der Waals surface area contributed by atoms with Crippen molar-refractivity contribution in [3.8, 4) is 5.75 Å². The number of rotatable bonds is 4. The van der Waals surface area contributed by atoms with Crippen LogP contribution in [0.3, 0.4) is 0 Å². The van der Waals surface area contributed by atoms with Gasteiger partial charge < -0.3 is 15.1 Å². The van der Waals surface area contributed by atoms with Crippen molar-refractivity contribution < 1.29 is 15.0 Å². The molecule has 1 aromatic heterocycles. The van der Waals surface area contributed by atoms with Crippen LogP contribution in [0.25, 0.3) is 0 Å². The number of carboxylic acid groups (broad SMARTS) is 1. The molecule has 0 amide bonds. The molecule has 2 N–H and O–H groups in total. The van der Waals surface area contributed by atoms with Gasteiger partial charge in [-0.15, -0.1) is 5.10 Å². The molecule has 1 fully saturated rings. The molecule has 0 radical (unpaired) electrons. The maximum atomic E-state index is 9.35.